The Hall–Kier alpha value is -0.0800. The summed E-state index contributed by atoms with van der Waals surface area (Å²) in [7, 11) is 0. The van der Waals surface area contributed by atoms with Crippen LogP contribution in [0.5, 0.6) is 0 Å². The number of hydrogen-bond acceptors (Lipinski definition) is 2. The monoisotopic (exact) mass is 113 g/mol. The molecule has 0 spiro atoms. The lowest BCUT2D eigenvalue weighted by Crippen LogP contribution is -2.22. The van der Waals surface area contributed by atoms with E-state index in [2.05, 4.69) is 5.32 Å². The third kappa shape index (κ3) is 0.644. The standard InChI is InChI=1S/C6H11NO/c1-2-5-4-7-6(3-1)8-5/h5-7H,1-4H2. The maximum absolute atomic E-state index is 5.49. The fraction of sp³-hybridized carbons (Fsp3) is 1.00. The molecule has 2 nitrogen and oxygen atoms in total. The van der Waals surface area contributed by atoms with Crippen LogP contribution in [0.4, 0.5) is 0 Å². The van der Waals surface area contributed by atoms with E-state index in [0.717, 1.165) is 6.54 Å². The van der Waals surface area contributed by atoms with Gasteiger partial charge in [-0.2, -0.15) is 0 Å². The van der Waals surface area contributed by atoms with E-state index in [1.807, 2.05) is 0 Å². The SMILES string of the molecule is C1CC2CNC(C1)O2. The van der Waals surface area contributed by atoms with Gasteiger partial charge < -0.3 is 4.74 Å². The fourth-order valence-corrected chi connectivity index (χ4v) is 1.46. The second-order valence-corrected chi connectivity index (χ2v) is 2.59. The Morgan fingerprint density at radius 1 is 1.38 bits per heavy atom. The molecule has 0 aliphatic carbocycles. The predicted molar refractivity (Wildman–Crippen MR) is 30.5 cm³/mol. The summed E-state index contributed by atoms with van der Waals surface area (Å²) >= 11 is 0. The molecule has 2 heterocycles. The topological polar surface area (TPSA) is 21.3 Å². The van der Waals surface area contributed by atoms with Crippen LogP contribution in [0.1, 0.15) is 19.3 Å². The van der Waals surface area contributed by atoms with Crippen LogP contribution in [0.3, 0.4) is 0 Å². The number of fused-ring (bicyclic) bond motifs is 2. The molecule has 2 heteroatoms. The number of hydrogen-bond donors (Lipinski definition) is 1. The first-order valence-corrected chi connectivity index (χ1v) is 3.34. The van der Waals surface area contributed by atoms with Gasteiger partial charge >= 0.3 is 0 Å². The van der Waals surface area contributed by atoms with Gasteiger partial charge in [0.2, 0.25) is 0 Å². The van der Waals surface area contributed by atoms with Crippen LogP contribution >= 0.6 is 0 Å². The van der Waals surface area contributed by atoms with Crippen molar-refractivity contribution in [2.24, 2.45) is 0 Å². The quantitative estimate of drug-likeness (QED) is 0.493. The Morgan fingerprint density at radius 3 is 3.12 bits per heavy atom. The summed E-state index contributed by atoms with van der Waals surface area (Å²) in [6.07, 6.45) is 4.80. The Kier molecular flexibility index (Phi) is 1.02. The van der Waals surface area contributed by atoms with Crippen molar-refractivity contribution in [2.45, 2.75) is 31.6 Å². The van der Waals surface area contributed by atoms with E-state index in [1.54, 1.807) is 0 Å². The van der Waals surface area contributed by atoms with Gasteiger partial charge in [0.1, 0.15) is 6.23 Å². The van der Waals surface area contributed by atoms with Crippen molar-refractivity contribution in [3.63, 3.8) is 0 Å². The van der Waals surface area contributed by atoms with Crippen LogP contribution in [0, 0.1) is 0 Å². The zero-order valence-electron chi connectivity index (χ0n) is 4.89. The number of nitrogens with one attached hydrogen (secondary N) is 1. The molecule has 2 aliphatic rings. The van der Waals surface area contributed by atoms with Crippen molar-refractivity contribution in [3.05, 3.63) is 0 Å². The zero-order valence-corrected chi connectivity index (χ0v) is 4.89. The molecular formula is C6H11NO. The third-order valence-corrected chi connectivity index (χ3v) is 1.92. The van der Waals surface area contributed by atoms with Gasteiger partial charge in [-0.15, -0.1) is 0 Å². The van der Waals surface area contributed by atoms with E-state index in [4.69, 9.17) is 4.74 Å². The predicted octanol–water partition coefficient (Wildman–Crippen LogP) is 0.485. The zero-order chi connectivity index (χ0) is 5.40. The minimum atomic E-state index is 0.411. The van der Waals surface area contributed by atoms with E-state index in [1.165, 1.54) is 19.3 Å². The molecule has 0 radical (unpaired) electrons. The molecular weight excluding hydrogens is 102 g/mol. The lowest BCUT2D eigenvalue weighted by atomic mass is 10.1. The summed E-state index contributed by atoms with van der Waals surface area (Å²) in [5.41, 5.74) is 0. The molecule has 0 saturated carbocycles. The summed E-state index contributed by atoms with van der Waals surface area (Å²) < 4.78 is 5.49. The highest BCUT2D eigenvalue weighted by molar-refractivity contribution is 4.78. The van der Waals surface area contributed by atoms with E-state index in [-0.39, 0.29) is 0 Å². The molecule has 2 saturated heterocycles. The smallest absolute Gasteiger partial charge is 0.108 e. The van der Waals surface area contributed by atoms with Crippen LogP contribution in [0.25, 0.3) is 0 Å². The van der Waals surface area contributed by atoms with Crippen molar-refractivity contribution >= 4 is 0 Å². The Morgan fingerprint density at radius 2 is 2.38 bits per heavy atom. The minimum Gasteiger partial charge on any atom is -0.359 e. The molecule has 8 heavy (non-hydrogen) atoms. The van der Waals surface area contributed by atoms with E-state index in [9.17, 15) is 0 Å². The van der Waals surface area contributed by atoms with E-state index < -0.39 is 0 Å². The molecule has 0 aromatic rings. The largest absolute Gasteiger partial charge is 0.359 e. The van der Waals surface area contributed by atoms with Gasteiger partial charge in [0.15, 0.2) is 0 Å². The van der Waals surface area contributed by atoms with Gasteiger partial charge in [-0.05, 0) is 19.3 Å². The molecule has 46 valence electrons. The molecule has 1 N–H and O–H groups in total. The molecule has 2 fully saturated rings. The minimum absolute atomic E-state index is 0.411. The summed E-state index contributed by atoms with van der Waals surface area (Å²) in [5, 5.41) is 3.30. The van der Waals surface area contributed by atoms with E-state index in [0.29, 0.717) is 12.3 Å². The average Bonchev–Trinajstić information content (AvgIpc) is 2.12. The molecule has 2 atom stereocenters. The van der Waals surface area contributed by atoms with E-state index >= 15 is 0 Å². The van der Waals surface area contributed by atoms with Gasteiger partial charge in [-0.1, -0.05) is 0 Å². The number of rotatable bonds is 0. The van der Waals surface area contributed by atoms with Gasteiger partial charge in [-0.3, -0.25) is 5.32 Å². The number of ether oxygens (including phenoxy) is 1. The van der Waals surface area contributed by atoms with Gasteiger partial charge in [0.05, 0.1) is 6.10 Å². The Bertz CT molecular complexity index is 80.5. The summed E-state index contributed by atoms with van der Waals surface area (Å²) in [6, 6.07) is 0. The van der Waals surface area contributed by atoms with Crippen LogP contribution < -0.4 is 5.32 Å². The van der Waals surface area contributed by atoms with Gasteiger partial charge in [0.25, 0.3) is 0 Å². The van der Waals surface area contributed by atoms with Crippen molar-refractivity contribution in [3.8, 4) is 0 Å². The van der Waals surface area contributed by atoms with Crippen LogP contribution in [0.15, 0.2) is 0 Å². The van der Waals surface area contributed by atoms with Crippen molar-refractivity contribution in [1.82, 2.24) is 5.32 Å². The van der Waals surface area contributed by atoms with Gasteiger partial charge in [0, 0.05) is 6.54 Å². The van der Waals surface area contributed by atoms with Crippen molar-refractivity contribution in [1.29, 1.82) is 0 Å². The Labute approximate surface area is 49.2 Å². The highest BCUT2D eigenvalue weighted by Gasteiger charge is 2.27. The molecule has 0 amide bonds. The maximum Gasteiger partial charge on any atom is 0.108 e. The van der Waals surface area contributed by atoms with Crippen LogP contribution in [-0.4, -0.2) is 18.9 Å². The average molecular weight is 113 g/mol. The summed E-state index contributed by atoms with van der Waals surface area (Å²) in [4.78, 5) is 0. The van der Waals surface area contributed by atoms with Crippen molar-refractivity contribution in [2.75, 3.05) is 6.54 Å². The first kappa shape index (κ1) is 4.77. The second kappa shape index (κ2) is 1.71. The lowest BCUT2D eigenvalue weighted by Gasteiger charge is -2.17. The highest BCUT2D eigenvalue weighted by Crippen LogP contribution is 2.21. The summed E-state index contributed by atoms with van der Waals surface area (Å²) in [5.74, 6) is 0. The van der Waals surface area contributed by atoms with Gasteiger partial charge in [-0.25, -0.2) is 0 Å². The molecule has 2 unspecified atom stereocenters. The molecule has 2 bridgehead atoms. The first-order valence-electron chi connectivity index (χ1n) is 3.34. The second-order valence-electron chi connectivity index (χ2n) is 2.59. The normalized spacial score (nSPS) is 45.0. The lowest BCUT2D eigenvalue weighted by molar-refractivity contribution is 0.00259. The van der Waals surface area contributed by atoms with Crippen molar-refractivity contribution < 1.29 is 4.74 Å². The van der Waals surface area contributed by atoms with Crippen LogP contribution in [-0.2, 0) is 4.74 Å². The van der Waals surface area contributed by atoms with Crippen LogP contribution in [0.2, 0.25) is 0 Å². The first-order chi connectivity index (χ1) is 3.95. The maximum atomic E-state index is 5.49. The third-order valence-electron chi connectivity index (χ3n) is 1.92. The molecule has 2 aliphatic heterocycles. The molecule has 0 aromatic heterocycles. The molecule has 0 aromatic carbocycles. The highest BCUT2D eigenvalue weighted by atomic mass is 16.5. The molecule has 2 rings (SSSR count). The Balaban J connectivity index is 2.03. The fourth-order valence-electron chi connectivity index (χ4n) is 1.46. The summed E-state index contributed by atoms with van der Waals surface area (Å²) in [6.45, 7) is 1.09.